The zero-order valence-electron chi connectivity index (χ0n) is 12.3. The van der Waals surface area contributed by atoms with Gasteiger partial charge in [-0.1, -0.05) is 30.1 Å². The summed E-state index contributed by atoms with van der Waals surface area (Å²) in [6, 6.07) is 5.20. The van der Waals surface area contributed by atoms with Gasteiger partial charge in [0.05, 0.1) is 11.1 Å². The van der Waals surface area contributed by atoms with E-state index in [0.29, 0.717) is 21.7 Å². The van der Waals surface area contributed by atoms with E-state index >= 15 is 0 Å². The molecule has 0 aliphatic rings. The van der Waals surface area contributed by atoms with E-state index in [1.807, 2.05) is 14.0 Å². The molecule has 0 N–H and O–H groups in total. The Morgan fingerprint density at radius 1 is 1.40 bits per heavy atom. The van der Waals surface area contributed by atoms with Crippen molar-refractivity contribution in [3.8, 4) is 0 Å². The Bertz CT molecular complexity index is 467. The van der Waals surface area contributed by atoms with Gasteiger partial charge in [0, 0.05) is 22.4 Å². The topological polar surface area (TPSA) is 20.3 Å². The number of ketones is 1. The van der Waals surface area contributed by atoms with Crippen molar-refractivity contribution in [2.75, 3.05) is 19.1 Å². The second-order valence-corrected chi connectivity index (χ2v) is 6.60. The highest BCUT2D eigenvalue weighted by molar-refractivity contribution is 7.98. The molecule has 20 heavy (non-hydrogen) atoms. The summed E-state index contributed by atoms with van der Waals surface area (Å²) in [6.07, 6.45) is 3.10. The van der Waals surface area contributed by atoms with E-state index in [2.05, 4.69) is 18.1 Å². The van der Waals surface area contributed by atoms with E-state index in [1.165, 1.54) is 0 Å². The fourth-order valence-electron chi connectivity index (χ4n) is 2.13. The molecule has 0 radical (unpaired) electrons. The van der Waals surface area contributed by atoms with Crippen molar-refractivity contribution in [1.82, 2.24) is 4.90 Å². The maximum Gasteiger partial charge on any atom is 0.181 e. The number of halogens is 2. The van der Waals surface area contributed by atoms with Crippen molar-refractivity contribution in [1.29, 1.82) is 0 Å². The van der Waals surface area contributed by atoms with E-state index in [0.717, 1.165) is 12.2 Å². The minimum absolute atomic E-state index is 0.0359. The van der Waals surface area contributed by atoms with Crippen LogP contribution >= 0.6 is 35.0 Å². The lowest BCUT2D eigenvalue weighted by atomic mass is 10.0. The van der Waals surface area contributed by atoms with Crippen LogP contribution in [0.2, 0.25) is 10.0 Å². The van der Waals surface area contributed by atoms with Gasteiger partial charge in [0.1, 0.15) is 0 Å². The van der Waals surface area contributed by atoms with Crippen LogP contribution in [0.25, 0.3) is 0 Å². The van der Waals surface area contributed by atoms with Gasteiger partial charge in [-0.05, 0) is 44.8 Å². The molecule has 0 saturated heterocycles. The normalized spacial score (nSPS) is 14.3. The summed E-state index contributed by atoms with van der Waals surface area (Å²) in [5, 5.41) is 0.960. The molecule has 5 heteroatoms. The fourth-order valence-corrected chi connectivity index (χ4v) is 3.49. The number of nitrogens with zero attached hydrogens (tertiary/aromatic N) is 1. The Kier molecular flexibility index (Phi) is 7.38. The van der Waals surface area contributed by atoms with Crippen molar-refractivity contribution >= 4 is 40.7 Å². The van der Waals surface area contributed by atoms with Crippen molar-refractivity contribution in [3.05, 3.63) is 33.8 Å². The van der Waals surface area contributed by atoms with Gasteiger partial charge in [0.25, 0.3) is 0 Å². The molecular weight excluding hydrogens is 313 g/mol. The van der Waals surface area contributed by atoms with E-state index < -0.39 is 0 Å². The van der Waals surface area contributed by atoms with Crippen LogP contribution in [0.1, 0.15) is 30.6 Å². The molecule has 2 nitrogen and oxygen atoms in total. The SMILES string of the molecule is CCC(CSC)N(C)C(C)C(=O)c1ccc(Cl)cc1Cl. The summed E-state index contributed by atoms with van der Waals surface area (Å²) in [4.78, 5) is 14.7. The maximum atomic E-state index is 12.6. The molecule has 0 aliphatic heterocycles. The first-order valence-electron chi connectivity index (χ1n) is 6.62. The van der Waals surface area contributed by atoms with Gasteiger partial charge in [0.2, 0.25) is 0 Å². The van der Waals surface area contributed by atoms with Crippen LogP contribution in [-0.2, 0) is 0 Å². The van der Waals surface area contributed by atoms with Crippen LogP contribution in [0.3, 0.4) is 0 Å². The number of likely N-dealkylation sites (N-methyl/N-ethyl adjacent to an activating group) is 1. The minimum atomic E-state index is -0.203. The number of Topliss-reactive ketones (excluding diaryl/α,β-unsaturated/α-hetero) is 1. The van der Waals surface area contributed by atoms with Crippen LogP contribution in [0.4, 0.5) is 0 Å². The molecule has 2 atom stereocenters. The van der Waals surface area contributed by atoms with Gasteiger partial charge < -0.3 is 0 Å². The second-order valence-electron chi connectivity index (χ2n) is 4.85. The second kappa shape index (κ2) is 8.28. The minimum Gasteiger partial charge on any atom is -0.293 e. The van der Waals surface area contributed by atoms with Gasteiger partial charge in [-0.3, -0.25) is 9.69 Å². The number of rotatable bonds is 7. The highest BCUT2D eigenvalue weighted by Gasteiger charge is 2.25. The summed E-state index contributed by atoms with van der Waals surface area (Å²) >= 11 is 13.8. The van der Waals surface area contributed by atoms with Crippen molar-refractivity contribution in [2.45, 2.75) is 32.4 Å². The van der Waals surface area contributed by atoms with Crippen LogP contribution in [0.15, 0.2) is 18.2 Å². The van der Waals surface area contributed by atoms with E-state index in [1.54, 1.807) is 30.0 Å². The van der Waals surface area contributed by atoms with Crippen molar-refractivity contribution in [3.63, 3.8) is 0 Å². The zero-order valence-corrected chi connectivity index (χ0v) is 14.6. The molecule has 0 bridgehead atoms. The van der Waals surface area contributed by atoms with E-state index in [-0.39, 0.29) is 11.8 Å². The predicted molar refractivity (Wildman–Crippen MR) is 90.5 cm³/mol. The van der Waals surface area contributed by atoms with Crippen LogP contribution < -0.4 is 0 Å². The van der Waals surface area contributed by atoms with Gasteiger partial charge in [-0.2, -0.15) is 11.8 Å². The molecule has 0 aromatic heterocycles. The van der Waals surface area contributed by atoms with Crippen molar-refractivity contribution in [2.24, 2.45) is 0 Å². The molecule has 0 heterocycles. The summed E-state index contributed by atoms with van der Waals surface area (Å²) < 4.78 is 0. The zero-order chi connectivity index (χ0) is 15.3. The third-order valence-electron chi connectivity index (χ3n) is 3.59. The average molecular weight is 334 g/mol. The number of thioether (sulfide) groups is 1. The Hall–Kier alpha value is -0.220. The lowest BCUT2D eigenvalue weighted by Crippen LogP contribution is -2.44. The highest BCUT2D eigenvalue weighted by atomic mass is 35.5. The lowest BCUT2D eigenvalue weighted by Gasteiger charge is -2.31. The van der Waals surface area contributed by atoms with Gasteiger partial charge in [-0.15, -0.1) is 0 Å². The highest BCUT2D eigenvalue weighted by Crippen LogP contribution is 2.24. The standard InChI is InChI=1S/C15H21Cl2NOS/c1-5-12(9-20-4)18(3)10(2)15(19)13-7-6-11(16)8-14(13)17/h6-8,10,12H,5,9H2,1-4H3. The number of hydrogen-bond donors (Lipinski definition) is 0. The Balaban J connectivity index is 2.90. The smallest absolute Gasteiger partial charge is 0.181 e. The molecule has 0 saturated carbocycles. The third-order valence-corrected chi connectivity index (χ3v) is 4.86. The maximum absolute atomic E-state index is 12.6. The molecule has 1 rings (SSSR count). The molecule has 1 aromatic rings. The predicted octanol–water partition coefficient (Wildman–Crippen LogP) is 4.64. The average Bonchev–Trinajstić information content (AvgIpc) is 2.42. The molecular formula is C15H21Cl2NOS. The lowest BCUT2D eigenvalue weighted by molar-refractivity contribution is 0.0827. The summed E-state index contributed by atoms with van der Waals surface area (Å²) in [6.45, 7) is 4.07. The molecule has 0 amide bonds. The molecule has 0 spiro atoms. The van der Waals surface area contributed by atoms with Crippen LogP contribution in [0, 0.1) is 0 Å². The number of carbonyl (C=O) groups is 1. The van der Waals surface area contributed by atoms with Crippen LogP contribution in [0.5, 0.6) is 0 Å². The molecule has 0 aliphatic carbocycles. The first-order chi connectivity index (χ1) is 9.42. The fraction of sp³-hybridized carbons (Fsp3) is 0.533. The Labute approximate surface area is 135 Å². The molecule has 1 aromatic carbocycles. The van der Waals surface area contributed by atoms with E-state index in [4.69, 9.17) is 23.2 Å². The van der Waals surface area contributed by atoms with Gasteiger partial charge >= 0.3 is 0 Å². The summed E-state index contributed by atoms with van der Waals surface area (Å²) in [5.41, 5.74) is 0.537. The number of hydrogen-bond acceptors (Lipinski definition) is 3. The van der Waals surface area contributed by atoms with Gasteiger partial charge in [0.15, 0.2) is 5.78 Å². The summed E-state index contributed by atoms with van der Waals surface area (Å²) in [7, 11) is 2.00. The Morgan fingerprint density at radius 2 is 2.05 bits per heavy atom. The molecule has 0 fully saturated rings. The summed E-state index contributed by atoms with van der Waals surface area (Å²) in [5.74, 6) is 1.05. The third kappa shape index (κ3) is 4.39. The molecule has 112 valence electrons. The molecule has 2 unspecified atom stereocenters. The Morgan fingerprint density at radius 3 is 2.55 bits per heavy atom. The monoisotopic (exact) mass is 333 g/mol. The van der Waals surface area contributed by atoms with Gasteiger partial charge in [-0.25, -0.2) is 0 Å². The largest absolute Gasteiger partial charge is 0.293 e. The van der Waals surface area contributed by atoms with E-state index in [9.17, 15) is 4.79 Å². The van der Waals surface area contributed by atoms with Crippen molar-refractivity contribution < 1.29 is 4.79 Å². The number of carbonyl (C=O) groups excluding carboxylic acids is 1. The quantitative estimate of drug-likeness (QED) is 0.678. The van der Waals surface area contributed by atoms with Crippen LogP contribution in [-0.4, -0.2) is 41.8 Å². The first-order valence-corrected chi connectivity index (χ1v) is 8.77. The number of benzene rings is 1. The first kappa shape index (κ1) is 17.8.